The maximum atomic E-state index is 12.4. The van der Waals surface area contributed by atoms with Gasteiger partial charge in [-0.05, 0) is 41.1 Å². The Bertz CT molecular complexity index is 1220. The highest BCUT2D eigenvalue weighted by Crippen LogP contribution is 2.41. The van der Waals surface area contributed by atoms with Gasteiger partial charge in [0.1, 0.15) is 10.4 Å². The molecule has 0 saturated carbocycles. The van der Waals surface area contributed by atoms with E-state index < -0.39 is 0 Å². The molecule has 4 nitrogen and oxygen atoms in total. The Hall–Kier alpha value is -2.34. The summed E-state index contributed by atoms with van der Waals surface area (Å²) in [5, 5.41) is 14.4. The lowest BCUT2D eigenvalue weighted by Crippen LogP contribution is -2.27. The maximum Gasteiger partial charge on any atom is 0.266 e. The van der Waals surface area contributed by atoms with Crippen molar-refractivity contribution in [3.8, 4) is 16.9 Å². The van der Waals surface area contributed by atoms with E-state index in [4.69, 9.17) is 5.73 Å². The smallest absolute Gasteiger partial charge is 0.266 e. The molecule has 2 aromatic heterocycles. The Labute approximate surface area is 173 Å². The number of phenols is 1. The van der Waals surface area contributed by atoms with Crippen LogP contribution in [0.1, 0.15) is 25.0 Å². The SMILES string of the molecule is Cc1cc(O)c(-c2ccc(C(C)(C)CN)cc2)c2c1[nH]c(=O)c1sccc12.Cl. The standard InChI is InChI=1S/C22H22N2O2S.ClH/c1-12-10-16(25)17(13-4-6-14(7-5-13)22(2,3)11-23)18-15-8-9-27-20(15)21(26)24-19(12)18;/h4-10,25H,11,23H2,1-3H3,(H,24,26);1H. The largest absolute Gasteiger partial charge is 0.507 e. The predicted molar refractivity (Wildman–Crippen MR) is 121 cm³/mol. The molecule has 6 heteroatoms. The summed E-state index contributed by atoms with van der Waals surface area (Å²) >= 11 is 1.41. The van der Waals surface area contributed by atoms with E-state index in [1.54, 1.807) is 6.07 Å². The first-order chi connectivity index (χ1) is 12.8. The first kappa shape index (κ1) is 20.4. The van der Waals surface area contributed by atoms with Crippen LogP contribution in [0.5, 0.6) is 5.75 Å². The number of aryl methyl sites for hydroxylation is 1. The van der Waals surface area contributed by atoms with E-state index in [9.17, 15) is 9.90 Å². The Morgan fingerprint density at radius 2 is 1.86 bits per heavy atom. The number of phenolic OH excluding ortho intramolecular Hbond substituents is 1. The van der Waals surface area contributed by atoms with E-state index >= 15 is 0 Å². The molecule has 146 valence electrons. The lowest BCUT2D eigenvalue weighted by molar-refractivity contribution is 0.477. The van der Waals surface area contributed by atoms with Crippen LogP contribution in [0, 0.1) is 6.92 Å². The molecule has 4 aromatic rings. The van der Waals surface area contributed by atoms with Crippen LogP contribution in [-0.4, -0.2) is 16.6 Å². The number of hydrogen-bond acceptors (Lipinski definition) is 4. The molecular weight excluding hydrogens is 392 g/mol. The van der Waals surface area contributed by atoms with E-state index in [0.717, 1.165) is 38.5 Å². The normalized spacial score (nSPS) is 11.7. The quantitative estimate of drug-likeness (QED) is 0.437. The first-order valence-corrected chi connectivity index (χ1v) is 9.78. The average molecular weight is 415 g/mol. The Morgan fingerprint density at radius 1 is 1.18 bits per heavy atom. The summed E-state index contributed by atoms with van der Waals surface area (Å²) in [6.07, 6.45) is 0. The molecule has 0 aliphatic rings. The van der Waals surface area contributed by atoms with Crippen molar-refractivity contribution in [3.05, 3.63) is 63.3 Å². The molecule has 0 spiro atoms. The van der Waals surface area contributed by atoms with Crippen molar-refractivity contribution in [1.82, 2.24) is 4.98 Å². The zero-order chi connectivity index (χ0) is 19.3. The van der Waals surface area contributed by atoms with E-state index in [1.807, 2.05) is 30.5 Å². The van der Waals surface area contributed by atoms with Gasteiger partial charge in [-0.1, -0.05) is 38.1 Å². The minimum atomic E-state index is -0.109. The molecule has 4 rings (SSSR count). The van der Waals surface area contributed by atoms with Crippen molar-refractivity contribution in [2.24, 2.45) is 5.73 Å². The molecule has 0 amide bonds. The van der Waals surface area contributed by atoms with Crippen LogP contribution in [0.2, 0.25) is 0 Å². The second kappa shape index (κ2) is 7.24. The van der Waals surface area contributed by atoms with E-state index in [0.29, 0.717) is 11.2 Å². The van der Waals surface area contributed by atoms with E-state index in [1.165, 1.54) is 11.3 Å². The highest BCUT2D eigenvalue weighted by molar-refractivity contribution is 7.17. The fourth-order valence-electron chi connectivity index (χ4n) is 3.58. The second-order valence-corrected chi connectivity index (χ2v) is 8.54. The van der Waals surface area contributed by atoms with Gasteiger partial charge in [0.15, 0.2) is 0 Å². The predicted octanol–water partition coefficient (Wildman–Crippen LogP) is 5.08. The number of benzene rings is 2. The van der Waals surface area contributed by atoms with Crippen LogP contribution in [0.15, 0.2) is 46.6 Å². The Morgan fingerprint density at radius 3 is 2.50 bits per heavy atom. The zero-order valence-corrected chi connectivity index (χ0v) is 17.6. The monoisotopic (exact) mass is 414 g/mol. The number of pyridine rings is 1. The summed E-state index contributed by atoms with van der Waals surface area (Å²) in [7, 11) is 0. The molecule has 28 heavy (non-hydrogen) atoms. The highest BCUT2D eigenvalue weighted by atomic mass is 35.5. The number of halogens is 1. The second-order valence-electron chi connectivity index (χ2n) is 7.62. The van der Waals surface area contributed by atoms with Crippen LogP contribution < -0.4 is 11.3 Å². The van der Waals surface area contributed by atoms with Gasteiger partial charge in [-0.15, -0.1) is 23.7 Å². The van der Waals surface area contributed by atoms with Crippen molar-refractivity contribution in [1.29, 1.82) is 0 Å². The van der Waals surface area contributed by atoms with Gasteiger partial charge in [-0.25, -0.2) is 0 Å². The van der Waals surface area contributed by atoms with Crippen LogP contribution in [0.4, 0.5) is 0 Å². The third kappa shape index (κ3) is 3.09. The van der Waals surface area contributed by atoms with Gasteiger partial charge in [-0.3, -0.25) is 4.79 Å². The number of nitrogens with two attached hydrogens (primary N) is 1. The van der Waals surface area contributed by atoms with E-state index in [2.05, 4.69) is 31.0 Å². The van der Waals surface area contributed by atoms with Gasteiger partial charge in [0, 0.05) is 28.3 Å². The molecule has 0 fully saturated rings. The van der Waals surface area contributed by atoms with Crippen LogP contribution in [0.25, 0.3) is 32.1 Å². The van der Waals surface area contributed by atoms with Gasteiger partial charge in [0.05, 0.1) is 5.52 Å². The minimum absolute atomic E-state index is 0. The third-order valence-electron chi connectivity index (χ3n) is 5.35. The molecule has 0 unspecified atom stereocenters. The average Bonchev–Trinajstić information content (AvgIpc) is 3.14. The zero-order valence-electron chi connectivity index (χ0n) is 16.0. The molecule has 2 aromatic carbocycles. The molecule has 0 aliphatic heterocycles. The number of aromatic nitrogens is 1. The first-order valence-electron chi connectivity index (χ1n) is 8.90. The maximum absolute atomic E-state index is 12.4. The lowest BCUT2D eigenvalue weighted by atomic mass is 9.84. The number of nitrogens with one attached hydrogen (secondary N) is 1. The summed E-state index contributed by atoms with van der Waals surface area (Å²) in [6, 6.07) is 11.8. The van der Waals surface area contributed by atoms with Gasteiger partial charge in [0.25, 0.3) is 5.56 Å². The molecular formula is C22H23ClN2O2S. The highest BCUT2D eigenvalue weighted by Gasteiger charge is 2.20. The van der Waals surface area contributed by atoms with Gasteiger partial charge in [0.2, 0.25) is 0 Å². The van der Waals surface area contributed by atoms with Gasteiger partial charge < -0.3 is 15.8 Å². The van der Waals surface area contributed by atoms with Gasteiger partial charge in [-0.2, -0.15) is 0 Å². The number of H-pyrrole nitrogens is 1. The molecule has 0 atom stereocenters. The summed E-state index contributed by atoms with van der Waals surface area (Å²) < 4.78 is 0.676. The van der Waals surface area contributed by atoms with Crippen molar-refractivity contribution in [3.63, 3.8) is 0 Å². The fraction of sp³-hybridized carbons (Fsp3) is 0.227. The number of hydrogen-bond donors (Lipinski definition) is 3. The van der Waals surface area contributed by atoms with Crippen LogP contribution >= 0.6 is 23.7 Å². The van der Waals surface area contributed by atoms with Gasteiger partial charge >= 0.3 is 0 Å². The number of fused-ring (bicyclic) bond motifs is 3. The molecule has 0 radical (unpaired) electrons. The number of thiophene rings is 1. The minimum Gasteiger partial charge on any atom is -0.507 e. The summed E-state index contributed by atoms with van der Waals surface area (Å²) in [5.41, 5.74) is 10.1. The van der Waals surface area contributed by atoms with Crippen molar-refractivity contribution >= 4 is 44.7 Å². The summed E-state index contributed by atoms with van der Waals surface area (Å²) in [6.45, 7) is 6.68. The fourth-order valence-corrected chi connectivity index (χ4v) is 4.38. The summed E-state index contributed by atoms with van der Waals surface area (Å²) in [4.78, 5) is 15.4. The van der Waals surface area contributed by atoms with Crippen LogP contribution in [-0.2, 0) is 5.41 Å². The third-order valence-corrected chi connectivity index (χ3v) is 6.26. The lowest BCUT2D eigenvalue weighted by Gasteiger charge is -2.23. The van der Waals surface area contributed by atoms with Crippen molar-refractivity contribution in [2.45, 2.75) is 26.2 Å². The summed E-state index contributed by atoms with van der Waals surface area (Å²) in [5.74, 6) is 0.213. The van der Waals surface area contributed by atoms with Crippen molar-refractivity contribution < 1.29 is 5.11 Å². The van der Waals surface area contributed by atoms with Crippen molar-refractivity contribution in [2.75, 3.05) is 6.54 Å². The topological polar surface area (TPSA) is 79.1 Å². The molecule has 0 bridgehead atoms. The molecule has 0 aliphatic carbocycles. The van der Waals surface area contributed by atoms with Crippen LogP contribution in [0.3, 0.4) is 0 Å². The number of aromatic amines is 1. The molecule has 2 heterocycles. The molecule has 0 saturated heterocycles. The molecule has 4 N–H and O–H groups in total. The Balaban J connectivity index is 0.00000225. The number of aromatic hydroxyl groups is 1. The van der Waals surface area contributed by atoms with E-state index in [-0.39, 0.29) is 29.1 Å². The number of rotatable bonds is 3. The Kier molecular flexibility index (Phi) is 5.28.